The summed E-state index contributed by atoms with van der Waals surface area (Å²) in [6.45, 7) is 0. The van der Waals surface area contributed by atoms with Gasteiger partial charge in [0.2, 0.25) is 0 Å². The van der Waals surface area contributed by atoms with Gasteiger partial charge in [-0.15, -0.1) is 0 Å². The number of halogens is 1. The van der Waals surface area contributed by atoms with Crippen LogP contribution in [0.25, 0.3) is 22.5 Å². The molecule has 0 radical (unpaired) electrons. The monoisotopic (exact) mass is 317 g/mol. The normalized spacial score (nSPS) is 12.3. The van der Waals surface area contributed by atoms with E-state index in [1.807, 2.05) is 0 Å². The van der Waals surface area contributed by atoms with Crippen LogP contribution in [0.4, 0.5) is 4.39 Å². The fourth-order valence-corrected chi connectivity index (χ4v) is 2.65. The van der Waals surface area contributed by atoms with E-state index >= 15 is 0 Å². The summed E-state index contributed by atoms with van der Waals surface area (Å²) in [6.07, 6.45) is 1.59. The highest BCUT2D eigenvalue weighted by Gasteiger charge is 2.13. The van der Waals surface area contributed by atoms with E-state index in [1.165, 1.54) is 19.2 Å². The molecular formula is C16H12FNO3S. The minimum absolute atomic E-state index is 0.298. The Morgan fingerprint density at radius 1 is 1.05 bits per heavy atom. The molecule has 1 unspecified atom stereocenters. The molecule has 2 aromatic carbocycles. The van der Waals surface area contributed by atoms with Gasteiger partial charge in [-0.1, -0.05) is 17.3 Å². The first-order chi connectivity index (χ1) is 10.7. The molecule has 0 spiro atoms. The molecule has 6 heteroatoms. The molecule has 112 valence electrons. The summed E-state index contributed by atoms with van der Waals surface area (Å²) in [5.74, 6) is 0.273. The van der Waals surface area contributed by atoms with Crippen LogP contribution in [-0.2, 0) is 15.3 Å². The van der Waals surface area contributed by atoms with Gasteiger partial charge in [0, 0.05) is 11.1 Å². The van der Waals surface area contributed by atoms with Crippen LogP contribution < -0.4 is 0 Å². The van der Waals surface area contributed by atoms with Crippen LogP contribution in [0.1, 0.15) is 0 Å². The number of benzene rings is 2. The molecule has 1 heterocycles. The lowest BCUT2D eigenvalue weighted by atomic mass is 10.0. The molecule has 0 aliphatic heterocycles. The Hall–Kier alpha value is -2.31. The van der Waals surface area contributed by atoms with Crippen LogP contribution in [0.15, 0.2) is 64.1 Å². The largest absolute Gasteiger partial charge is 0.356 e. The van der Waals surface area contributed by atoms with Gasteiger partial charge in [0.1, 0.15) is 5.82 Å². The first kappa shape index (κ1) is 14.6. The predicted octanol–water partition coefficient (Wildman–Crippen LogP) is 3.82. The second kappa shape index (κ2) is 6.21. The quantitative estimate of drug-likeness (QED) is 0.734. The van der Waals surface area contributed by atoms with Crippen LogP contribution in [-0.4, -0.2) is 16.5 Å². The molecular weight excluding hydrogens is 305 g/mol. The summed E-state index contributed by atoms with van der Waals surface area (Å²) in [5.41, 5.74) is 2.36. The van der Waals surface area contributed by atoms with Crippen molar-refractivity contribution in [3.05, 3.63) is 60.5 Å². The van der Waals surface area contributed by atoms with Gasteiger partial charge in [0.05, 0.1) is 18.2 Å². The van der Waals surface area contributed by atoms with E-state index in [0.717, 1.165) is 16.7 Å². The maximum Gasteiger partial charge on any atom is 0.188 e. The molecule has 0 saturated heterocycles. The number of aromatic nitrogens is 1. The zero-order valence-corrected chi connectivity index (χ0v) is 12.5. The first-order valence-electron chi connectivity index (χ1n) is 6.46. The summed E-state index contributed by atoms with van der Waals surface area (Å²) in [7, 11) is 1.38. The lowest BCUT2D eigenvalue weighted by Gasteiger charge is -2.03. The first-order valence-corrected chi connectivity index (χ1v) is 7.54. The van der Waals surface area contributed by atoms with E-state index in [0.29, 0.717) is 10.7 Å². The minimum atomic E-state index is -1.48. The lowest BCUT2D eigenvalue weighted by Crippen LogP contribution is -1.92. The molecule has 3 rings (SSSR count). The van der Waals surface area contributed by atoms with E-state index in [1.54, 1.807) is 42.6 Å². The molecule has 3 aromatic rings. The summed E-state index contributed by atoms with van der Waals surface area (Å²) in [5, 5.41) is 3.82. The maximum atomic E-state index is 13.0. The molecule has 0 fully saturated rings. The third kappa shape index (κ3) is 2.84. The van der Waals surface area contributed by atoms with Gasteiger partial charge in [0.15, 0.2) is 16.8 Å². The van der Waals surface area contributed by atoms with Crippen molar-refractivity contribution in [2.24, 2.45) is 0 Å². The van der Waals surface area contributed by atoms with Gasteiger partial charge in [-0.3, -0.25) is 4.18 Å². The molecule has 0 saturated carbocycles. The molecule has 1 atom stereocenters. The van der Waals surface area contributed by atoms with Gasteiger partial charge in [-0.05, 0) is 42.0 Å². The fourth-order valence-electron chi connectivity index (χ4n) is 2.10. The van der Waals surface area contributed by atoms with Crippen molar-refractivity contribution in [1.29, 1.82) is 0 Å². The smallest absolute Gasteiger partial charge is 0.188 e. The zero-order chi connectivity index (χ0) is 15.5. The Morgan fingerprint density at radius 2 is 1.68 bits per heavy atom. The van der Waals surface area contributed by atoms with Gasteiger partial charge in [-0.25, -0.2) is 8.60 Å². The number of rotatable bonds is 4. The standard InChI is InChI=1S/C16H12FNO3S/c1-20-22(19)14-8-4-12(5-9-14)16-15(10-18-21-16)11-2-6-13(17)7-3-11/h2-10H,1H3. The van der Waals surface area contributed by atoms with Crippen molar-refractivity contribution < 1.29 is 17.3 Å². The summed E-state index contributed by atoms with van der Waals surface area (Å²) in [6, 6.07) is 13.1. The molecule has 1 aromatic heterocycles. The SMILES string of the molecule is COS(=O)c1ccc(-c2oncc2-c2ccc(F)cc2)cc1. The topological polar surface area (TPSA) is 52.3 Å². The van der Waals surface area contributed by atoms with Crippen LogP contribution >= 0.6 is 0 Å². The third-order valence-electron chi connectivity index (χ3n) is 3.19. The van der Waals surface area contributed by atoms with Crippen molar-refractivity contribution in [2.45, 2.75) is 4.90 Å². The molecule has 0 N–H and O–H groups in total. The number of hydrogen-bond donors (Lipinski definition) is 0. The van der Waals surface area contributed by atoms with Crippen LogP contribution in [0.5, 0.6) is 0 Å². The molecule has 0 aliphatic carbocycles. The Kier molecular flexibility index (Phi) is 4.13. The van der Waals surface area contributed by atoms with Crippen LogP contribution in [0.2, 0.25) is 0 Å². The highest BCUT2D eigenvalue weighted by molar-refractivity contribution is 7.80. The van der Waals surface area contributed by atoms with Crippen molar-refractivity contribution in [3.63, 3.8) is 0 Å². The Bertz CT molecular complexity index is 797. The summed E-state index contributed by atoms with van der Waals surface area (Å²) in [4.78, 5) is 0.564. The zero-order valence-electron chi connectivity index (χ0n) is 11.7. The number of hydrogen-bond acceptors (Lipinski definition) is 4. The summed E-state index contributed by atoms with van der Waals surface area (Å²) < 4.78 is 34.7. The third-order valence-corrected chi connectivity index (χ3v) is 4.15. The Labute approximate surface area is 129 Å². The van der Waals surface area contributed by atoms with E-state index < -0.39 is 11.1 Å². The van der Waals surface area contributed by atoms with E-state index in [-0.39, 0.29) is 5.82 Å². The van der Waals surface area contributed by atoms with Crippen LogP contribution in [0.3, 0.4) is 0 Å². The van der Waals surface area contributed by atoms with Gasteiger partial charge in [-0.2, -0.15) is 0 Å². The predicted molar refractivity (Wildman–Crippen MR) is 80.8 cm³/mol. The highest BCUT2D eigenvalue weighted by Crippen LogP contribution is 2.32. The van der Waals surface area contributed by atoms with Crippen molar-refractivity contribution in [3.8, 4) is 22.5 Å². The van der Waals surface area contributed by atoms with Crippen LogP contribution in [0, 0.1) is 5.82 Å². The van der Waals surface area contributed by atoms with E-state index in [9.17, 15) is 8.60 Å². The van der Waals surface area contributed by atoms with Gasteiger partial charge < -0.3 is 4.52 Å². The molecule has 0 aliphatic rings. The van der Waals surface area contributed by atoms with Gasteiger partial charge in [0.25, 0.3) is 0 Å². The van der Waals surface area contributed by atoms with Crippen molar-refractivity contribution in [1.82, 2.24) is 5.16 Å². The lowest BCUT2D eigenvalue weighted by molar-refractivity contribution is 0.432. The average molecular weight is 317 g/mol. The average Bonchev–Trinajstić information content (AvgIpc) is 3.04. The van der Waals surface area contributed by atoms with E-state index in [4.69, 9.17) is 8.71 Å². The second-order valence-corrected chi connectivity index (χ2v) is 5.78. The second-order valence-electron chi connectivity index (χ2n) is 4.50. The maximum absolute atomic E-state index is 13.0. The Balaban J connectivity index is 1.98. The van der Waals surface area contributed by atoms with E-state index in [2.05, 4.69) is 5.16 Å². The highest BCUT2D eigenvalue weighted by atomic mass is 32.2. The Morgan fingerprint density at radius 3 is 2.32 bits per heavy atom. The molecule has 0 amide bonds. The fraction of sp³-hybridized carbons (Fsp3) is 0.0625. The summed E-state index contributed by atoms with van der Waals surface area (Å²) >= 11 is -1.48. The molecule has 22 heavy (non-hydrogen) atoms. The molecule has 4 nitrogen and oxygen atoms in total. The minimum Gasteiger partial charge on any atom is -0.356 e. The molecule has 0 bridgehead atoms. The number of nitrogens with zero attached hydrogens (tertiary/aromatic N) is 1. The van der Waals surface area contributed by atoms with Crippen molar-refractivity contribution in [2.75, 3.05) is 7.11 Å². The van der Waals surface area contributed by atoms with Crippen molar-refractivity contribution >= 4 is 11.1 Å². The van der Waals surface area contributed by atoms with Gasteiger partial charge >= 0.3 is 0 Å².